The van der Waals surface area contributed by atoms with Gasteiger partial charge >= 0.3 is 0 Å². The smallest absolute Gasteiger partial charge is 0.264 e. The standard InChI is InChI=1S/C26H55NO6S2/c1-5-25(6-2,19-11-15-23-34(27,28)29)17-9-13-21-33-22-14-10-18-26(7-3,8-4)20-12-16-24-35(30,31)32/h5-24H2,1-4H3,(H2,27,28,29)(H,30,31,32). The van der Waals surface area contributed by atoms with E-state index in [2.05, 4.69) is 27.7 Å². The molecular weight excluding hydrogens is 486 g/mol. The normalized spacial score (nSPS) is 13.4. The zero-order chi connectivity index (χ0) is 26.8. The van der Waals surface area contributed by atoms with Crippen LogP contribution >= 0.6 is 0 Å². The van der Waals surface area contributed by atoms with Gasteiger partial charge in [0.2, 0.25) is 10.0 Å². The molecule has 0 bridgehead atoms. The maximum atomic E-state index is 11.1. The van der Waals surface area contributed by atoms with Crippen LogP contribution in [0.1, 0.15) is 130 Å². The van der Waals surface area contributed by atoms with Crippen molar-refractivity contribution in [2.75, 3.05) is 24.7 Å². The molecule has 0 fully saturated rings. The maximum Gasteiger partial charge on any atom is 0.264 e. The molecule has 3 N–H and O–H groups in total. The van der Waals surface area contributed by atoms with Gasteiger partial charge < -0.3 is 4.74 Å². The quantitative estimate of drug-likeness (QED) is 0.107. The number of primary sulfonamides is 1. The molecule has 0 rings (SSSR count). The van der Waals surface area contributed by atoms with Crippen LogP contribution in [0.4, 0.5) is 0 Å². The van der Waals surface area contributed by atoms with Crippen LogP contribution in [-0.2, 0) is 24.9 Å². The monoisotopic (exact) mass is 541 g/mol. The summed E-state index contributed by atoms with van der Waals surface area (Å²) in [6.07, 6.45) is 16.0. The van der Waals surface area contributed by atoms with Crippen molar-refractivity contribution in [2.45, 2.75) is 130 Å². The van der Waals surface area contributed by atoms with Gasteiger partial charge in [-0.1, -0.05) is 79.1 Å². The third-order valence-corrected chi connectivity index (χ3v) is 9.90. The highest BCUT2D eigenvalue weighted by molar-refractivity contribution is 7.89. The Morgan fingerprint density at radius 2 is 0.943 bits per heavy atom. The largest absolute Gasteiger partial charge is 0.381 e. The Bertz CT molecular complexity index is 667. The summed E-state index contributed by atoms with van der Waals surface area (Å²) in [6, 6.07) is 0. The van der Waals surface area contributed by atoms with Gasteiger partial charge in [-0.25, -0.2) is 13.6 Å². The molecule has 0 heterocycles. The van der Waals surface area contributed by atoms with Crippen molar-refractivity contribution in [3.63, 3.8) is 0 Å². The van der Waals surface area contributed by atoms with E-state index in [0.29, 0.717) is 18.3 Å². The molecule has 0 aliphatic rings. The van der Waals surface area contributed by atoms with Gasteiger partial charge in [0.05, 0.1) is 11.5 Å². The molecule has 35 heavy (non-hydrogen) atoms. The topological polar surface area (TPSA) is 124 Å². The molecule has 0 saturated heterocycles. The van der Waals surface area contributed by atoms with Gasteiger partial charge in [-0.2, -0.15) is 8.42 Å². The number of hydrogen-bond acceptors (Lipinski definition) is 5. The van der Waals surface area contributed by atoms with Crippen LogP contribution in [0.5, 0.6) is 0 Å². The van der Waals surface area contributed by atoms with Crippen LogP contribution in [0.2, 0.25) is 0 Å². The van der Waals surface area contributed by atoms with Crippen LogP contribution in [0.3, 0.4) is 0 Å². The third kappa shape index (κ3) is 17.8. The van der Waals surface area contributed by atoms with E-state index in [0.717, 1.165) is 103 Å². The predicted molar refractivity (Wildman–Crippen MR) is 147 cm³/mol. The van der Waals surface area contributed by atoms with E-state index in [1.807, 2.05) is 0 Å². The molecule has 0 spiro atoms. The lowest BCUT2D eigenvalue weighted by Gasteiger charge is -2.32. The minimum absolute atomic E-state index is 0.0794. The number of ether oxygens (including phenoxy) is 1. The average Bonchev–Trinajstić information content (AvgIpc) is 2.79. The molecule has 0 saturated carbocycles. The Labute approximate surface area is 217 Å². The molecule has 7 nitrogen and oxygen atoms in total. The summed E-state index contributed by atoms with van der Waals surface area (Å²) in [6.45, 7) is 10.5. The van der Waals surface area contributed by atoms with Crippen LogP contribution in [0.25, 0.3) is 0 Å². The number of nitrogens with two attached hydrogens (primary N) is 1. The first kappa shape index (κ1) is 34.8. The van der Waals surface area contributed by atoms with E-state index in [4.69, 9.17) is 14.4 Å². The molecule has 0 aromatic heterocycles. The lowest BCUT2D eigenvalue weighted by atomic mass is 9.74. The van der Waals surface area contributed by atoms with Crippen LogP contribution in [0, 0.1) is 10.8 Å². The van der Waals surface area contributed by atoms with E-state index in [1.165, 1.54) is 0 Å². The average molecular weight is 542 g/mol. The van der Waals surface area contributed by atoms with Gasteiger partial charge in [0.1, 0.15) is 0 Å². The number of sulfonamides is 1. The fraction of sp³-hybridized carbons (Fsp3) is 1.00. The zero-order valence-electron chi connectivity index (χ0n) is 23.0. The summed E-state index contributed by atoms with van der Waals surface area (Å²) in [5, 5.41) is 5.11. The molecule has 0 aromatic rings. The highest BCUT2D eigenvalue weighted by Crippen LogP contribution is 2.39. The summed E-state index contributed by atoms with van der Waals surface area (Å²) >= 11 is 0. The van der Waals surface area contributed by atoms with Gasteiger partial charge in [0.15, 0.2) is 0 Å². The van der Waals surface area contributed by atoms with Gasteiger partial charge in [-0.05, 0) is 62.2 Å². The summed E-state index contributed by atoms with van der Waals surface area (Å²) in [5.74, 6) is -0.0589. The Kier molecular flexibility index (Phi) is 18.0. The van der Waals surface area contributed by atoms with Gasteiger partial charge in [-0.3, -0.25) is 4.55 Å². The second-order valence-corrected chi connectivity index (χ2v) is 13.8. The minimum Gasteiger partial charge on any atom is -0.381 e. The fourth-order valence-corrected chi connectivity index (χ4v) is 6.44. The molecule has 0 atom stereocenters. The SMILES string of the molecule is CCC(CC)(CCCCOCCCCC(CC)(CC)CCCCS(=O)(=O)O)CCCCS(N)(=O)=O. The highest BCUT2D eigenvalue weighted by atomic mass is 32.2. The molecule has 212 valence electrons. The van der Waals surface area contributed by atoms with Gasteiger partial charge in [0.25, 0.3) is 10.1 Å². The van der Waals surface area contributed by atoms with E-state index in [9.17, 15) is 16.8 Å². The molecule has 0 amide bonds. The number of unbranched alkanes of at least 4 members (excludes halogenated alkanes) is 4. The van der Waals surface area contributed by atoms with Crippen molar-refractivity contribution in [2.24, 2.45) is 16.0 Å². The van der Waals surface area contributed by atoms with Crippen molar-refractivity contribution < 1.29 is 26.1 Å². The summed E-state index contributed by atoms with van der Waals surface area (Å²) in [4.78, 5) is 0. The highest BCUT2D eigenvalue weighted by Gasteiger charge is 2.26. The van der Waals surface area contributed by atoms with E-state index >= 15 is 0 Å². The number of hydrogen-bond donors (Lipinski definition) is 2. The molecule has 0 aliphatic carbocycles. The van der Waals surface area contributed by atoms with Crippen LogP contribution in [0.15, 0.2) is 0 Å². The Hall–Kier alpha value is -0.220. The lowest BCUT2D eigenvalue weighted by Crippen LogP contribution is -2.21. The summed E-state index contributed by atoms with van der Waals surface area (Å²) in [5.41, 5.74) is 0.556. The van der Waals surface area contributed by atoms with E-state index in [1.54, 1.807) is 0 Å². The lowest BCUT2D eigenvalue weighted by molar-refractivity contribution is 0.113. The summed E-state index contributed by atoms with van der Waals surface area (Å²) < 4.78 is 58.9. The third-order valence-electron chi connectivity index (χ3n) is 8.24. The fourth-order valence-electron chi connectivity index (χ4n) is 5.26. The minimum atomic E-state index is -3.85. The molecule has 9 heteroatoms. The molecule has 0 aliphatic heterocycles. The van der Waals surface area contributed by atoms with Crippen molar-refractivity contribution in [1.29, 1.82) is 0 Å². The van der Waals surface area contributed by atoms with Crippen LogP contribution < -0.4 is 5.14 Å². The van der Waals surface area contributed by atoms with E-state index in [-0.39, 0.29) is 16.9 Å². The van der Waals surface area contributed by atoms with Gasteiger partial charge in [0, 0.05) is 13.2 Å². The van der Waals surface area contributed by atoms with Crippen molar-refractivity contribution >= 4 is 20.1 Å². The molecule has 0 radical (unpaired) electrons. The maximum absolute atomic E-state index is 11.1. The second-order valence-electron chi connectivity index (χ2n) is 10.5. The first-order valence-electron chi connectivity index (χ1n) is 13.9. The Morgan fingerprint density at radius 3 is 1.26 bits per heavy atom. The predicted octanol–water partition coefficient (Wildman–Crippen LogP) is 6.47. The van der Waals surface area contributed by atoms with Gasteiger partial charge in [-0.15, -0.1) is 0 Å². The Morgan fingerprint density at radius 1 is 0.600 bits per heavy atom. The summed E-state index contributed by atoms with van der Waals surface area (Å²) in [7, 11) is -7.21. The van der Waals surface area contributed by atoms with Crippen LogP contribution in [-0.4, -0.2) is 46.1 Å². The Balaban J connectivity index is 4.09. The first-order valence-corrected chi connectivity index (χ1v) is 17.2. The zero-order valence-corrected chi connectivity index (χ0v) is 24.7. The first-order chi connectivity index (χ1) is 16.4. The number of rotatable bonds is 24. The van der Waals surface area contributed by atoms with E-state index < -0.39 is 20.1 Å². The second kappa shape index (κ2) is 18.1. The van der Waals surface area contributed by atoms with Crippen molar-refractivity contribution in [3.05, 3.63) is 0 Å². The molecular formula is C26H55NO6S2. The van der Waals surface area contributed by atoms with Crippen molar-refractivity contribution in [1.82, 2.24) is 0 Å². The van der Waals surface area contributed by atoms with Crippen molar-refractivity contribution in [3.8, 4) is 0 Å². The molecule has 0 aromatic carbocycles. The molecule has 0 unspecified atom stereocenters.